The number of hydrogen-bond donors (Lipinski definition) is 6. The van der Waals surface area contributed by atoms with E-state index in [2.05, 4.69) is 0 Å². The Labute approximate surface area is 357 Å². The van der Waals surface area contributed by atoms with Gasteiger partial charge in [-0.05, 0) is 94.8 Å². The summed E-state index contributed by atoms with van der Waals surface area (Å²) in [6, 6.07) is 49.7. The molecule has 58 heavy (non-hydrogen) atoms. The van der Waals surface area contributed by atoms with Crippen LogP contribution in [0.2, 0.25) is 10.0 Å². The van der Waals surface area contributed by atoms with Crippen molar-refractivity contribution in [1.82, 2.24) is 11.0 Å². The third kappa shape index (κ3) is 13.8. The largest absolute Gasteiger partial charge is 0.388 e. The van der Waals surface area contributed by atoms with Crippen molar-refractivity contribution in [2.45, 2.75) is 34.8 Å². The number of aliphatic hydroxyl groups excluding tert-OH is 2. The molecule has 0 heterocycles. The molecule has 0 aliphatic rings. The minimum Gasteiger partial charge on any atom is -0.388 e. The Morgan fingerprint density at radius 2 is 0.759 bits per heavy atom. The van der Waals surface area contributed by atoms with Crippen LogP contribution < -0.4 is 11.0 Å². The summed E-state index contributed by atoms with van der Waals surface area (Å²) in [5.41, 5.74) is 8.99. The second-order valence-electron chi connectivity index (χ2n) is 13.4. The second kappa shape index (κ2) is 23.1. The lowest BCUT2D eigenvalue weighted by molar-refractivity contribution is -0.134. The van der Waals surface area contributed by atoms with E-state index in [1.807, 2.05) is 158 Å². The number of aliphatic hydroxyl groups is 2. The fourth-order valence-electron chi connectivity index (χ4n) is 6.00. The van der Waals surface area contributed by atoms with Gasteiger partial charge in [0.2, 0.25) is 11.8 Å². The summed E-state index contributed by atoms with van der Waals surface area (Å²) < 4.78 is 0. The van der Waals surface area contributed by atoms with Crippen molar-refractivity contribution in [2.75, 3.05) is 11.5 Å². The van der Waals surface area contributed by atoms with E-state index >= 15 is 0 Å². The van der Waals surface area contributed by atoms with E-state index in [1.54, 1.807) is 11.0 Å². The van der Waals surface area contributed by atoms with Crippen LogP contribution in [-0.4, -0.2) is 43.9 Å². The van der Waals surface area contributed by atoms with E-state index in [4.69, 9.17) is 33.6 Å². The molecule has 4 atom stereocenters. The van der Waals surface area contributed by atoms with Crippen LogP contribution in [0.15, 0.2) is 168 Å². The van der Waals surface area contributed by atoms with Crippen molar-refractivity contribution >= 4 is 58.5 Å². The predicted molar refractivity (Wildman–Crippen MR) is 234 cm³/mol. The molecule has 300 valence electrons. The van der Waals surface area contributed by atoms with Gasteiger partial charge in [0.1, 0.15) is 0 Å². The predicted octanol–water partition coefficient (Wildman–Crippen LogP) is 10.7. The Bertz CT molecular complexity index is 1990. The quantitative estimate of drug-likeness (QED) is 0.0321. The molecule has 0 bridgehead atoms. The zero-order chi connectivity index (χ0) is 41.3. The van der Waals surface area contributed by atoms with Crippen LogP contribution >= 0.6 is 46.7 Å². The van der Waals surface area contributed by atoms with Gasteiger partial charge in [0.25, 0.3) is 0 Å². The number of hydrogen-bond acceptors (Lipinski definition) is 8. The average Bonchev–Trinajstić information content (AvgIpc) is 3.27. The van der Waals surface area contributed by atoms with Crippen LogP contribution in [0.3, 0.4) is 0 Å². The van der Waals surface area contributed by atoms with Crippen LogP contribution in [0.25, 0.3) is 22.3 Å². The molecular weight excluding hydrogens is 812 g/mol. The number of nitrogens with one attached hydrogen (secondary N) is 2. The third-order valence-corrected chi connectivity index (χ3v) is 12.2. The molecule has 0 saturated carbocycles. The van der Waals surface area contributed by atoms with Gasteiger partial charge >= 0.3 is 0 Å². The van der Waals surface area contributed by atoms with E-state index < -0.39 is 35.9 Å². The summed E-state index contributed by atoms with van der Waals surface area (Å²) in [5, 5.41) is 40.8. The summed E-state index contributed by atoms with van der Waals surface area (Å²) in [6.45, 7) is 0. The van der Waals surface area contributed by atoms with Crippen molar-refractivity contribution < 1.29 is 30.2 Å². The molecule has 0 aromatic heterocycles. The van der Waals surface area contributed by atoms with Gasteiger partial charge < -0.3 is 10.2 Å². The third-order valence-electron chi connectivity index (χ3n) is 9.31. The number of rotatable bonds is 16. The Morgan fingerprint density at radius 3 is 1.05 bits per heavy atom. The smallest absolute Gasteiger partial charge is 0.247 e. The van der Waals surface area contributed by atoms with E-state index in [-0.39, 0.29) is 12.8 Å². The van der Waals surface area contributed by atoms with Crippen molar-refractivity contribution in [1.29, 1.82) is 0 Å². The molecule has 6 aromatic carbocycles. The molecule has 12 heteroatoms. The zero-order valence-corrected chi connectivity index (χ0v) is 34.5. The zero-order valence-electron chi connectivity index (χ0n) is 31.3. The molecule has 6 N–H and O–H groups in total. The first kappa shape index (κ1) is 44.5. The monoisotopic (exact) mass is 854 g/mol. The maximum Gasteiger partial charge on any atom is 0.247 e. The van der Waals surface area contributed by atoms with Gasteiger partial charge in [0, 0.05) is 31.3 Å². The topological polar surface area (TPSA) is 139 Å². The lowest BCUT2D eigenvalue weighted by Crippen LogP contribution is -2.30. The van der Waals surface area contributed by atoms with Gasteiger partial charge in [-0.2, -0.15) is 0 Å². The fourth-order valence-corrected chi connectivity index (χ4v) is 8.32. The molecule has 0 aliphatic heterocycles. The summed E-state index contributed by atoms with van der Waals surface area (Å²) in [7, 11) is 0. The van der Waals surface area contributed by atoms with Gasteiger partial charge in [-0.25, -0.2) is 11.0 Å². The van der Waals surface area contributed by atoms with Crippen LogP contribution in [0, 0.1) is 11.8 Å². The summed E-state index contributed by atoms with van der Waals surface area (Å²) in [5.74, 6) is -1.14. The highest BCUT2D eigenvalue weighted by Gasteiger charge is 2.24. The van der Waals surface area contributed by atoms with Crippen molar-refractivity contribution in [3.63, 3.8) is 0 Å². The molecule has 6 rings (SSSR count). The maximum absolute atomic E-state index is 12.1. The summed E-state index contributed by atoms with van der Waals surface area (Å²) in [4.78, 5) is 26.2. The van der Waals surface area contributed by atoms with Crippen LogP contribution in [0.1, 0.15) is 36.2 Å². The molecule has 0 aliphatic carbocycles. The van der Waals surface area contributed by atoms with E-state index in [9.17, 15) is 19.8 Å². The molecule has 0 radical (unpaired) electrons. The van der Waals surface area contributed by atoms with E-state index in [0.717, 1.165) is 43.2 Å². The molecule has 0 fully saturated rings. The Kier molecular flexibility index (Phi) is 17.7. The molecule has 2 amide bonds. The Morgan fingerprint density at radius 1 is 0.466 bits per heavy atom. The number of carbonyl (C=O) groups is 2. The van der Waals surface area contributed by atoms with E-state index in [0.29, 0.717) is 21.6 Å². The summed E-state index contributed by atoms with van der Waals surface area (Å²) in [6.07, 6.45) is -1.19. The highest BCUT2D eigenvalue weighted by molar-refractivity contribution is 7.99. The van der Waals surface area contributed by atoms with E-state index in [1.165, 1.54) is 23.5 Å². The van der Waals surface area contributed by atoms with Gasteiger partial charge in [-0.15, -0.1) is 23.5 Å². The molecule has 0 saturated heterocycles. The van der Waals surface area contributed by atoms with Crippen molar-refractivity contribution in [2.24, 2.45) is 11.8 Å². The van der Waals surface area contributed by atoms with Crippen molar-refractivity contribution in [3.05, 3.63) is 179 Å². The highest BCUT2D eigenvalue weighted by Crippen LogP contribution is 2.31. The van der Waals surface area contributed by atoms with Gasteiger partial charge in [-0.1, -0.05) is 132 Å². The molecule has 2 unspecified atom stereocenters. The number of carbonyl (C=O) groups excluding carboxylic acids is 2. The van der Waals surface area contributed by atoms with Crippen LogP contribution in [0.5, 0.6) is 0 Å². The lowest BCUT2D eigenvalue weighted by Gasteiger charge is -2.19. The number of hydroxylamine groups is 2. The second-order valence-corrected chi connectivity index (χ2v) is 16.4. The lowest BCUT2D eigenvalue weighted by atomic mass is 9.96. The number of amides is 2. The molecule has 6 aromatic rings. The number of thioether (sulfide) groups is 2. The molecule has 0 spiro atoms. The normalized spacial score (nSPS) is 12.9. The minimum absolute atomic E-state index is 0.215. The highest BCUT2D eigenvalue weighted by atomic mass is 35.5. The molecular formula is C46H44Cl2N2O6S2. The standard InChI is InChI=1S/2C23H22ClNO3S/c2*24-20-12-10-17(11-13-20)16-6-8-18(9-7-16)22(26)14-19(23(27)25-28)15-29-21-4-2-1-3-5-21/h2*1-13,19,22,26,28H,14-15H2,(H,25,27)/t2*19-,22?/m11/s1. The summed E-state index contributed by atoms with van der Waals surface area (Å²) >= 11 is 14.9. The fraction of sp³-hybridized carbons (Fsp3) is 0.174. The Hall–Kier alpha value is -4.62. The molecule has 8 nitrogen and oxygen atoms in total. The van der Waals surface area contributed by atoms with Gasteiger partial charge in [-0.3, -0.25) is 20.0 Å². The Balaban J connectivity index is 0.000000221. The first-order valence-corrected chi connectivity index (χ1v) is 21.2. The number of benzene rings is 6. The maximum atomic E-state index is 12.1. The number of halogens is 2. The van der Waals surface area contributed by atoms with Crippen LogP contribution in [0.4, 0.5) is 0 Å². The van der Waals surface area contributed by atoms with Crippen LogP contribution in [-0.2, 0) is 9.59 Å². The SMILES string of the molecule is O=C(NO)[C@@H](CSc1ccccc1)CC(O)c1ccc(-c2ccc(Cl)cc2)cc1.O=C(NO)[C@@H](CSc1ccccc1)CC(O)c1ccc(-c2ccc(Cl)cc2)cc1. The van der Waals surface area contributed by atoms with Crippen molar-refractivity contribution in [3.8, 4) is 22.3 Å². The van der Waals surface area contributed by atoms with Gasteiger partial charge in [0.15, 0.2) is 0 Å². The first-order chi connectivity index (χ1) is 28.1. The minimum atomic E-state index is -0.812. The van der Waals surface area contributed by atoms with Gasteiger partial charge in [0.05, 0.1) is 24.0 Å². The first-order valence-electron chi connectivity index (χ1n) is 18.4. The average molecular weight is 856 g/mol.